The van der Waals surface area contributed by atoms with Gasteiger partial charge in [0.15, 0.2) is 0 Å². The van der Waals surface area contributed by atoms with Crippen LogP contribution in [0.15, 0.2) is 61.3 Å². The van der Waals surface area contributed by atoms with Crippen molar-refractivity contribution in [2.75, 3.05) is 24.7 Å². The molecule has 1 aliphatic rings. The molecule has 1 fully saturated rings. The molecule has 2 aromatic heterocycles. The van der Waals surface area contributed by atoms with Gasteiger partial charge in [-0.3, -0.25) is 9.59 Å². The minimum atomic E-state index is -0.478. The highest BCUT2D eigenvalue weighted by atomic mass is 16.5. The Morgan fingerprint density at radius 2 is 1.90 bits per heavy atom. The zero-order valence-corrected chi connectivity index (χ0v) is 22.6. The van der Waals surface area contributed by atoms with Gasteiger partial charge in [-0.25, -0.2) is 4.98 Å². The van der Waals surface area contributed by atoms with Gasteiger partial charge in [0, 0.05) is 31.0 Å². The molecule has 0 atom stereocenters. The monoisotopic (exact) mass is 545 g/mol. The summed E-state index contributed by atoms with van der Waals surface area (Å²) in [5.74, 6) is -0.0668. The van der Waals surface area contributed by atoms with Gasteiger partial charge in [0.1, 0.15) is 17.6 Å². The second kappa shape index (κ2) is 10.5. The number of nitrogens with zero attached hydrogens (tertiary/aromatic N) is 4. The fourth-order valence-corrected chi connectivity index (χ4v) is 4.97. The molecule has 5 rings (SSSR count). The molecule has 2 aromatic carbocycles. The number of nitriles is 2. The van der Waals surface area contributed by atoms with Crippen LogP contribution in [0.1, 0.15) is 28.8 Å². The number of rotatable bonds is 8. The van der Waals surface area contributed by atoms with Crippen LogP contribution < -0.4 is 21.1 Å². The first-order valence-corrected chi connectivity index (χ1v) is 12.8. The molecule has 0 bridgehead atoms. The van der Waals surface area contributed by atoms with Crippen molar-refractivity contribution in [3.8, 4) is 40.3 Å². The Bertz CT molecular complexity index is 1800. The lowest BCUT2D eigenvalue weighted by atomic mass is 9.96. The van der Waals surface area contributed by atoms with E-state index in [4.69, 9.17) is 10.5 Å². The van der Waals surface area contributed by atoms with Crippen molar-refractivity contribution in [3.63, 3.8) is 0 Å². The summed E-state index contributed by atoms with van der Waals surface area (Å²) in [5.41, 5.74) is 10.8. The molecule has 0 spiro atoms. The third-order valence-corrected chi connectivity index (χ3v) is 7.38. The van der Waals surface area contributed by atoms with Crippen LogP contribution in [0.2, 0.25) is 0 Å². The SMILES string of the molecule is C=CC(=O)Nc1ccc(-c2c(-c3ccc(C(=O)NCC4(C#N)CC4)c(OC)c3)c3c(N)ncc(C#N)c3n2C)cc1. The summed E-state index contributed by atoms with van der Waals surface area (Å²) < 4.78 is 7.52. The van der Waals surface area contributed by atoms with E-state index in [0.29, 0.717) is 44.6 Å². The second-order valence-electron chi connectivity index (χ2n) is 9.94. The van der Waals surface area contributed by atoms with Crippen molar-refractivity contribution in [2.45, 2.75) is 12.8 Å². The number of benzene rings is 2. The highest BCUT2D eigenvalue weighted by molar-refractivity contribution is 6.11. The number of aryl methyl sites for hydroxylation is 1. The first-order valence-electron chi connectivity index (χ1n) is 12.8. The molecule has 10 nitrogen and oxygen atoms in total. The largest absolute Gasteiger partial charge is 0.496 e. The molecule has 10 heteroatoms. The van der Waals surface area contributed by atoms with E-state index in [1.54, 1.807) is 30.3 Å². The van der Waals surface area contributed by atoms with Gasteiger partial charge in [-0.2, -0.15) is 10.5 Å². The lowest BCUT2D eigenvalue weighted by Crippen LogP contribution is -2.29. The quantitative estimate of drug-likeness (QED) is 0.274. The number of hydrogen-bond donors (Lipinski definition) is 3. The third kappa shape index (κ3) is 4.83. The first kappa shape index (κ1) is 27.0. The lowest BCUT2D eigenvalue weighted by Gasteiger charge is -2.14. The number of nitrogens with two attached hydrogens (primary N) is 1. The molecule has 0 radical (unpaired) electrons. The smallest absolute Gasteiger partial charge is 0.255 e. The van der Waals surface area contributed by atoms with Gasteiger partial charge in [-0.15, -0.1) is 0 Å². The number of hydrogen-bond acceptors (Lipinski definition) is 7. The highest BCUT2D eigenvalue weighted by Crippen LogP contribution is 2.45. The average molecular weight is 546 g/mol. The van der Waals surface area contributed by atoms with Crippen molar-refractivity contribution in [1.29, 1.82) is 10.5 Å². The number of aromatic nitrogens is 2. The number of nitrogens with one attached hydrogen (secondary N) is 2. The molecule has 1 saturated carbocycles. The fraction of sp³-hybridized carbons (Fsp3) is 0.194. The van der Waals surface area contributed by atoms with Crippen molar-refractivity contribution in [1.82, 2.24) is 14.9 Å². The Kier molecular flexibility index (Phi) is 6.92. The highest BCUT2D eigenvalue weighted by Gasteiger charge is 2.43. The summed E-state index contributed by atoms with van der Waals surface area (Å²) in [7, 11) is 3.33. The minimum absolute atomic E-state index is 0.248. The van der Waals surface area contributed by atoms with Crippen molar-refractivity contribution in [2.24, 2.45) is 12.5 Å². The molecule has 41 heavy (non-hydrogen) atoms. The summed E-state index contributed by atoms with van der Waals surface area (Å²) in [6.07, 6.45) is 4.18. The molecule has 4 N–H and O–H groups in total. The van der Waals surface area contributed by atoms with Gasteiger partial charge in [0.25, 0.3) is 5.91 Å². The van der Waals surface area contributed by atoms with E-state index in [0.717, 1.165) is 24.1 Å². The molecule has 4 aromatic rings. The lowest BCUT2D eigenvalue weighted by molar-refractivity contribution is -0.111. The molecule has 0 unspecified atom stereocenters. The van der Waals surface area contributed by atoms with Gasteiger partial charge in [-0.05, 0) is 54.3 Å². The van der Waals surface area contributed by atoms with Crippen LogP contribution in [-0.4, -0.2) is 35.0 Å². The normalized spacial score (nSPS) is 13.1. The van der Waals surface area contributed by atoms with Crippen LogP contribution in [0.5, 0.6) is 5.75 Å². The number of fused-ring (bicyclic) bond motifs is 1. The van der Waals surface area contributed by atoms with E-state index in [-0.39, 0.29) is 24.2 Å². The molecular weight excluding hydrogens is 518 g/mol. The van der Waals surface area contributed by atoms with Gasteiger partial charge in [0.2, 0.25) is 5.91 Å². The Morgan fingerprint density at radius 3 is 2.51 bits per heavy atom. The molecule has 2 amide bonds. The van der Waals surface area contributed by atoms with Gasteiger partial charge in [0.05, 0.1) is 46.3 Å². The number of carbonyl (C=O) groups excluding carboxylic acids is 2. The predicted octanol–water partition coefficient (Wildman–Crippen LogP) is 4.53. The van der Waals surface area contributed by atoms with E-state index >= 15 is 0 Å². The van der Waals surface area contributed by atoms with E-state index in [1.165, 1.54) is 19.4 Å². The summed E-state index contributed by atoms with van der Waals surface area (Å²) in [5, 5.41) is 25.4. The zero-order valence-electron chi connectivity index (χ0n) is 22.6. The number of nitrogen functional groups attached to an aromatic ring is 1. The second-order valence-corrected chi connectivity index (χ2v) is 9.94. The minimum Gasteiger partial charge on any atom is -0.496 e. The molecular formula is C31H27N7O3. The van der Waals surface area contributed by atoms with Crippen molar-refractivity contribution >= 4 is 34.2 Å². The van der Waals surface area contributed by atoms with Crippen molar-refractivity contribution in [3.05, 3.63) is 72.4 Å². The third-order valence-electron chi connectivity index (χ3n) is 7.38. The zero-order chi connectivity index (χ0) is 29.3. The van der Waals surface area contributed by atoms with Crippen LogP contribution in [0.3, 0.4) is 0 Å². The van der Waals surface area contributed by atoms with Crippen molar-refractivity contribution < 1.29 is 14.3 Å². The van der Waals surface area contributed by atoms with Crippen LogP contribution >= 0.6 is 0 Å². The Morgan fingerprint density at radius 1 is 1.20 bits per heavy atom. The average Bonchev–Trinajstić information content (AvgIpc) is 3.72. The van der Waals surface area contributed by atoms with Gasteiger partial charge >= 0.3 is 0 Å². The Balaban J connectivity index is 1.65. The number of anilines is 2. The molecule has 2 heterocycles. The van der Waals surface area contributed by atoms with Crippen LogP contribution in [0, 0.1) is 28.1 Å². The van der Waals surface area contributed by atoms with E-state index in [9.17, 15) is 20.1 Å². The van der Waals surface area contributed by atoms with Gasteiger partial charge in [-0.1, -0.05) is 24.8 Å². The maximum Gasteiger partial charge on any atom is 0.255 e. The maximum atomic E-state index is 13.0. The number of carbonyl (C=O) groups is 2. The number of amides is 2. The van der Waals surface area contributed by atoms with Gasteiger partial charge < -0.3 is 25.7 Å². The predicted molar refractivity (Wildman–Crippen MR) is 156 cm³/mol. The fourth-order valence-electron chi connectivity index (χ4n) is 4.97. The standard InChI is InChI=1S/C31H27N7O3/c1-4-24(39)37-21-8-5-18(6-9-21)27-25(26-28(38(27)2)20(14-32)15-35-29(26)34)19-7-10-22(23(13-19)41-3)30(40)36-17-31(16-33)11-12-31/h4-10,13,15H,1,11-12,17H2,2-3H3,(H2,34,35)(H,36,40)(H,37,39). The summed E-state index contributed by atoms with van der Waals surface area (Å²) >= 11 is 0. The first-order chi connectivity index (χ1) is 19.8. The summed E-state index contributed by atoms with van der Waals surface area (Å²) in [6, 6.07) is 17.0. The summed E-state index contributed by atoms with van der Waals surface area (Å²) in [6.45, 7) is 3.76. The topological polar surface area (TPSA) is 159 Å². The van der Waals surface area contributed by atoms with Crippen LogP contribution in [0.4, 0.5) is 11.5 Å². The maximum absolute atomic E-state index is 13.0. The van der Waals surface area contributed by atoms with E-state index in [1.807, 2.05) is 23.7 Å². The number of ether oxygens (including phenoxy) is 1. The number of methoxy groups -OCH3 is 1. The number of pyridine rings is 1. The molecule has 1 aliphatic carbocycles. The molecule has 0 aliphatic heterocycles. The molecule has 0 saturated heterocycles. The van der Waals surface area contributed by atoms with Crippen LogP contribution in [-0.2, 0) is 11.8 Å². The summed E-state index contributed by atoms with van der Waals surface area (Å²) in [4.78, 5) is 29.1. The van der Waals surface area contributed by atoms with E-state index in [2.05, 4.69) is 34.3 Å². The molecule has 204 valence electrons. The Labute approximate surface area is 236 Å². The van der Waals surface area contributed by atoms with Crippen LogP contribution in [0.25, 0.3) is 33.3 Å². The Hall–Kier alpha value is -5.61. The van der Waals surface area contributed by atoms with E-state index < -0.39 is 5.41 Å².